The summed E-state index contributed by atoms with van der Waals surface area (Å²) >= 11 is 0. The zero-order chi connectivity index (χ0) is 13.7. The van der Waals surface area contributed by atoms with Gasteiger partial charge in [-0.25, -0.2) is 0 Å². The summed E-state index contributed by atoms with van der Waals surface area (Å²) in [6, 6.07) is 0. The van der Waals surface area contributed by atoms with E-state index in [4.69, 9.17) is 0 Å². The second kappa shape index (κ2) is 6.87. The SMILES string of the molecule is CCC(C)(C)C(C)[B]C(C)(C)NC[B]C(C)C. The van der Waals surface area contributed by atoms with Gasteiger partial charge in [0.25, 0.3) is 0 Å². The molecule has 0 rings (SSSR count). The van der Waals surface area contributed by atoms with Crippen LogP contribution in [0.1, 0.15) is 61.8 Å². The van der Waals surface area contributed by atoms with E-state index < -0.39 is 0 Å². The topological polar surface area (TPSA) is 12.0 Å². The molecule has 1 unspecified atom stereocenters. The average Bonchev–Trinajstić information content (AvgIpc) is 2.15. The number of hydrogen-bond donors (Lipinski definition) is 1. The van der Waals surface area contributed by atoms with Gasteiger partial charge >= 0.3 is 0 Å². The molecule has 0 aromatic carbocycles. The van der Waals surface area contributed by atoms with Crippen LogP contribution in [0.5, 0.6) is 0 Å². The molecule has 0 saturated carbocycles. The molecular weight excluding hydrogens is 204 g/mol. The van der Waals surface area contributed by atoms with E-state index in [1.54, 1.807) is 0 Å². The van der Waals surface area contributed by atoms with Crippen molar-refractivity contribution in [1.29, 1.82) is 0 Å². The first-order valence-corrected chi connectivity index (χ1v) is 7.05. The standard InChI is InChI=1S/C14H31B2N/c1-9-13(5,6)12(4)16-14(7,8)17-10-15-11(2)3/h11-12,17H,9-10H2,1-8H3. The van der Waals surface area contributed by atoms with Gasteiger partial charge in [0, 0.05) is 0 Å². The van der Waals surface area contributed by atoms with Crippen LogP contribution in [0.3, 0.4) is 0 Å². The van der Waals surface area contributed by atoms with Crippen molar-refractivity contribution >= 4 is 14.6 Å². The Labute approximate surface area is 111 Å². The number of hydrogen-bond acceptors (Lipinski definition) is 1. The lowest BCUT2D eigenvalue weighted by atomic mass is 9.45. The third kappa shape index (κ3) is 7.18. The summed E-state index contributed by atoms with van der Waals surface area (Å²) in [4.78, 5) is 0. The van der Waals surface area contributed by atoms with E-state index in [-0.39, 0.29) is 5.44 Å². The van der Waals surface area contributed by atoms with Crippen molar-refractivity contribution in [2.75, 3.05) is 6.44 Å². The van der Waals surface area contributed by atoms with Crippen molar-refractivity contribution in [2.45, 2.75) is 78.9 Å². The predicted molar refractivity (Wildman–Crippen MR) is 82.2 cm³/mol. The molecule has 98 valence electrons. The quantitative estimate of drug-likeness (QED) is 0.631. The van der Waals surface area contributed by atoms with E-state index >= 15 is 0 Å². The van der Waals surface area contributed by atoms with E-state index in [9.17, 15) is 0 Å². The van der Waals surface area contributed by atoms with Crippen LogP contribution in [0, 0.1) is 5.41 Å². The monoisotopic (exact) mass is 235 g/mol. The van der Waals surface area contributed by atoms with Crippen molar-refractivity contribution in [3.8, 4) is 0 Å². The van der Waals surface area contributed by atoms with Gasteiger partial charge in [-0.15, -0.1) is 0 Å². The minimum atomic E-state index is 0.108. The lowest BCUT2D eigenvalue weighted by molar-refractivity contribution is 0.330. The molecule has 1 atom stereocenters. The van der Waals surface area contributed by atoms with Crippen LogP contribution in [0.4, 0.5) is 0 Å². The summed E-state index contributed by atoms with van der Waals surface area (Å²) in [6.45, 7) is 18.3. The molecule has 0 aliphatic heterocycles. The molecule has 0 heterocycles. The first kappa shape index (κ1) is 17.1. The highest BCUT2D eigenvalue weighted by Gasteiger charge is 2.30. The van der Waals surface area contributed by atoms with Crippen molar-refractivity contribution in [1.82, 2.24) is 5.32 Å². The Kier molecular flexibility index (Phi) is 6.91. The van der Waals surface area contributed by atoms with E-state index in [1.807, 2.05) is 0 Å². The lowest BCUT2D eigenvalue weighted by Crippen LogP contribution is -2.49. The molecule has 1 nitrogen and oxygen atoms in total. The molecule has 0 fully saturated rings. The number of rotatable bonds is 8. The largest absolute Gasteiger partial charge is 0.327 e. The molecule has 17 heavy (non-hydrogen) atoms. The summed E-state index contributed by atoms with van der Waals surface area (Å²) in [5, 5.41) is 3.61. The van der Waals surface area contributed by atoms with Crippen LogP contribution < -0.4 is 5.32 Å². The average molecular weight is 235 g/mol. The molecular formula is C14H31B2N. The fraction of sp³-hybridized carbons (Fsp3) is 1.00. The molecule has 3 heteroatoms. The summed E-state index contributed by atoms with van der Waals surface area (Å²) in [5.41, 5.74) is 0.498. The van der Waals surface area contributed by atoms with Crippen LogP contribution in [-0.4, -0.2) is 26.4 Å². The van der Waals surface area contributed by atoms with Gasteiger partial charge in [0.15, 0.2) is 0 Å². The Morgan fingerprint density at radius 1 is 1.06 bits per heavy atom. The predicted octanol–water partition coefficient (Wildman–Crippen LogP) is 3.75. The van der Waals surface area contributed by atoms with Gasteiger partial charge in [-0.05, 0) is 17.3 Å². The Hall–Kier alpha value is 0.0899. The molecule has 0 bridgehead atoms. The Morgan fingerprint density at radius 3 is 2.00 bits per heavy atom. The van der Waals surface area contributed by atoms with Gasteiger partial charge in [0.1, 0.15) is 14.6 Å². The Bertz CT molecular complexity index is 212. The van der Waals surface area contributed by atoms with Crippen molar-refractivity contribution < 1.29 is 0 Å². The molecule has 0 amide bonds. The molecule has 0 spiro atoms. The van der Waals surface area contributed by atoms with Gasteiger partial charge in [0.2, 0.25) is 0 Å². The van der Waals surface area contributed by atoms with E-state index in [0.29, 0.717) is 17.0 Å². The molecule has 1 N–H and O–H groups in total. The van der Waals surface area contributed by atoms with Gasteiger partial charge in [-0.3, -0.25) is 0 Å². The number of nitrogens with one attached hydrogen (secondary N) is 1. The normalized spacial score (nSPS) is 14.9. The van der Waals surface area contributed by atoms with E-state index in [1.165, 1.54) is 6.42 Å². The van der Waals surface area contributed by atoms with Gasteiger partial charge in [-0.2, -0.15) is 0 Å². The molecule has 0 aromatic heterocycles. The third-order valence-corrected chi connectivity index (χ3v) is 3.96. The summed E-state index contributed by atoms with van der Waals surface area (Å²) < 4.78 is 0. The van der Waals surface area contributed by atoms with E-state index in [0.717, 1.165) is 6.44 Å². The van der Waals surface area contributed by atoms with Gasteiger partial charge < -0.3 is 5.32 Å². The highest BCUT2D eigenvalue weighted by atomic mass is 14.9. The molecule has 0 aliphatic carbocycles. The highest BCUT2D eigenvalue weighted by Crippen LogP contribution is 2.35. The molecule has 0 saturated heterocycles. The first-order valence-electron chi connectivity index (χ1n) is 7.05. The van der Waals surface area contributed by atoms with Crippen LogP contribution in [0.15, 0.2) is 0 Å². The second-order valence-corrected chi connectivity index (χ2v) is 6.88. The van der Waals surface area contributed by atoms with Crippen molar-refractivity contribution in [3.05, 3.63) is 0 Å². The first-order chi connectivity index (χ1) is 7.60. The lowest BCUT2D eigenvalue weighted by Gasteiger charge is -2.37. The van der Waals surface area contributed by atoms with Crippen molar-refractivity contribution in [2.24, 2.45) is 5.41 Å². The zero-order valence-electron chi connectivity index (χ0n) is 13.2. The Balaban J connectivity index is 4.15. The maximum atomic E-state index is 3.61. The Morgan fingerprint density at radius 2 is 1.59 bits per heavy atom. The molecule has 0 aliphatic rings. The maximum absolute atomic E-state index is 3.61. The fourth-order valence-electron chi connectivity index (χ4n) is 1.79. The summed E-state index contributed by atoms with van der Waals surface area (Å²) in [6.07, 6.45) is 2.21. The minimum absolute atomic E-state index is 0.108. The summed E-state index contributed by atoms with van der Waals surface area (Å²) in [5.74, 6) is 1.27. The van der Waals surface area contributed by atoms with Crippen LogP contribution in [0.25, 0.3) is 0 Å². The van der Waals surface area contributed by atoms with Gasteiger partial charge in [0.05, 0.1) is 0 Å². The molecule has 2 radical (unpaired) electrons. The van der Waals surface area contributed by atoms with Gasteiger partial charge in [-0.1, -0.05) is 73.4 Å². The minimum Gasteiger partial charge on any atom is -0.327 e. The second-order valence-electron chi connectivity index (χ2n) is 6.88. The molecule has 0 aromatic rings. The highest BCUT2D eigenvalue weighted by molar-refractivity contribution is 6.42. The van der Waals surface area contributed by atoms with E-state index in [2.05, 4.69) is 75.3 Å². The maximum Gasteiger partial charge on any atom is 0.140 e. The van der Waals surface area contributed by atoms with Crippen LogP contribution in [0.2, 0.25) is 11.6 Å². The zero-order valence-corrected chi connectivity index (χ0v) is 13.2. The van der Waals surface area contributed by atoms with Crippen LogP contribution >= 0.6 is 0 Å². The summed E-state index contributed by atoms with van der Waals surface area (Å²) in [7, 11) is 4.79. The van der Waals surface area contributed by atoms with Crippen molar-refractivity contribution in [3.63, 3.8) is 0 Å². The third-order valence-electron chi connectivity index (χ3n) is 3.96. The fourth-order valence-corrected chi connectivity index (χ4v) is 1.79. The smallest absolute Gasteiger partial charge is 0.140 e. The van der Waals surface area contributed by atoms with Crippen LogP contribution in [-0.2, 0) is 0 Å².